The van der Waals surface area contributed by atoms with Gasteiger partial charge in [0.15, 0.2) is 0 Å². The number of carbonyl (C=O) groups is 1. The summed E-state index contributed by atoms with van der Waals surface area (Å²) >= 11 is 6.25. The maximum Gasteiger partial charge on any atom is 0.267 e. The van der Waals surface area contributed by atoms with Gasteiger partial charge in [-0.05, 0) is 43.5 Å². The van der Waals surface area contributed by atoms with Gasteiger partial charge < -0.3 is 10.2 Å². The molecular weight excluding hydrogens is 449 g/mol. The van der Waals surface area contributed by atoms with Crippen molar-refractivity contribution in [3.8, 4) is 0 Å². The second-order valence-electron chi connectivity index (χ2n) is 6.76. The van der Waals surface area contributed by atoms with Crippen molar-refractivity contribution < 1.29 is 10.0 Å². The average Bonchev–Trinajstić information content (AvgIpc) is 2.73. The van der Waals surface area contributed by atoms with Gasteiger partial charge in [0.1, 0.15) is 5.82 Å². The van der Waals surface area contributed by atoms with Crippen LogP contribution in [0.1, 0.15) is 24.1 Å². The van der Waals surface area contributed by atoms with E-state index in [0.717, 1.165) is 43.9 Å². The standard InChI is InChI=1S/C20H24ClN5O2.2ClH/c21-18-6-2-1-4-15(18)9-11-26-10-3-5-17(14-26)24-19-13-22-16(12-23-19)7-8-20(27)25-28;;/h1-2,4,6-8,12-13,17,28H,3,5,9-11,14H2,(H,23,24)(H,25,27);2*1H/t17-;;/m1../s1. The zero-order valence-corrected chi connectivity index (χ0v) is 18.7. The predicted molar refractivity (Wildman–Crippen MR) is 124 cm³/mol. The van der Waals surface area contributed by atoms with Crippen LogP contribution in [0.2, 0.25) is 5.02 Å². The maximum absolute atomic E-state index is 11.0. The Morgan fingerprint density at radius 3 is 2.77 bits per heavy atom. The number of rotatable bonds is 7. The van der Waals surface area contributed by atoms with Crippen LogP contribution in [0.3, 0.4) is 0 Å². The van der Waals surface area contributed by atoms with Crippen molar-refractivity contribution in [2.45, 2.75) is 25.3 Å². The van der Waals surface area contributed by atoms with E-state index in [1.165, 1.54) is 23.2 Å². The van der Waals surface area contributed by atoms with Gasteiger partial charge in [0, 0.05) is 30.2 Å². The number of anilines is 1. The van der Waals surface area contributed by atoms with Crippen LogP contribution in [-0.4, -0.2) is 51.7 Å². The van der Waals surface area contributed by atoms with Gasteiger partial charge in [0.05, 0.1) is 18.1 Å². The zero-order chi connectivity index (χ0) is 19.8. The number of piperidine rings is 1. The van der Waals surface area contributed by atoms with Gasteiger partial charge in [-0.2, -0.15) is 0 Å². The van der Waals surface area contributed by atoms with Crippen LogP contribution in [0.5, 0.6) is 0 Å². The number of nitrogens with zero attached hydrogens (tertiary/aromatic N) is 3. The summed E-state index contributed by atoms with van der Waals surface area (Å²) in [5.41, 5.74) is 3.26. The summed E-state index contributed by atoms with van der Waals surface area (Å²) in [5.74, 6) is 0.102. The van der Waals surface area contributed by atoms with Gasteiger partial charge in [0.2, 0.25) is 0 Å². The number of amides is 1. The number of hydrogen-bond acceptors (Lipinski definition) is 6. The average molecular weight is 475 g/mol. The van der Waals surface area contributed by atoms with Gasteiger partial charge in [-0.15, -0.1) is 24.8 Å². The third-order valence-corrected chi connectivity index (χ3v) is 5.07. The molecule has 1 aromatic heterocycles. The molecule has 3 rings (SSSR count). The molecule has 30 heavy (non-hydrogen) atoms. The molecule has 1 atom stereocenters. The Balaban J connectivity index is 0.00000225. The first-order chi connectivity index (χ1) is 13.6. The van der Waals surface area contributed by atoms with Gasteiger partial charge in [-0.25, -0.2) is 10.5 Å². The number of likely N-dealkylation sites (tertiary alicyclic amines) is 1. The lowest BCUT2D eigenvalue weighted by Crippen LogP contribution is -2.43. The monoisotopic (exact) mass is 473 g/mol. The number of hydrogen-bond donors (Lipinski definition) is 3. The van der Waals surface area contributed by atoms with Gasteiger partial charge in [-0.3, -0.25) is 15.0 Å². The number of carbonyl (C=O) groups excluding carboxylic acids is 1. The van der Waals surface area contributed by atoms with E-state index in [0.29, 0.717) is 17.6 Å². The third-order valence-electron chi connectivity index (χ3n) is 4.70. The molecule has 0 spiro atoms. The lowest BCUT2D eigenvalue weighted by Gasteiger charge is -2.33. The van der Waals surface area contributed by atoms with Crippen molar-refractivity contribution in [3.63, 3.8) is 0 Å². The molecular formula is C20H26Cl3N5O2. The van der Waals surface area contributed by atoms with Crippen LogP contribution in [0.15, 0.2) is 42.7 Å². The van der Waals surface area contributed by atoms with Crippen molar-refractivity contribution >= 4 is 54.2 Å². The summed E-state index contributed by atoms with van der Waals surface area (Å²) in [5, 5.41) is 12.7. The van der Waals surface area contributed by atoms with Crippen LogP contribution < -0.4 is 10.8 Å². The van der Waals surface area contributed by atoms with Crippen LogP contribution >= 0.6 is 36.4 Å². The number of aromatic nitrogens is 2. The molecule has 1 aromatic carbocycles. The minimum Gasteiger partial charge on any atom is -0.365 e. The lowest BCUT2D eigenvalue weighted by molar-refractivity contribution is -0.124. The second kappa shape index (κ2) is 13.4. The number of nitrogens with one attached hydrogen (secondary N) is 2. The quantitative estimate of drug-likeness (QED) is 0.323. The molecule has 1 amide bonds. The van der Waals surface area contributed by atoms with Gasteiger partial charge in [0.25, 0.3) is 5.91 Å². The van der Waals surface area contributed by atoms with E-state index in [1.807, 2.05) is 18.2 Å². The summed E-state index contributed by atoms with van der Waals surface area (Å²) in [6, 6.07) is 8.31. The van der Waals surface area contributed by atoms with Crippen molar-refractivity contribution in [1.29, 1.82) is 0 Å². The summed E-state index contributed by atoms with van der Waals surface area (Å²) < 4.78 is 0. The van der Waals surface area contributed by atoms with E-state index in [4.69, 9.17) is 16.8 Å². The smallest absolute Gasteiger partial charge is 0.267 e. The molecule has 0 aliphatic carbocycles. The molecule has 0 bridgehead atoms. The molecule has 0 unspecified atom stereocenters. The van der Waals surface area contributed by atoms with Crippen LogP contribution in [-0.2, 0) is 11.2 Å². The summed E-state index contributed by atoms with van der Waals surface area (Å²) in [7, 11) is 0. The fraction of sp³-hybridized carbons (Fsp3) is 0.350. The van der Waals surface area contributed by atoms with E-state index in [-0.39, 0.29) is 24.8 Å². The molecule has 0 saturated carbocycles. The molecule has 1 aliphatic rings. The SMILES string of the molecule is Cl.Cl.O=C(C=Cc1cnc(N[C@@H]2CCCN(CCc3ccccc3Cl)C2)cn1)NO. The molecule has 7 nitrogen and oxygen atoms in total. The highest BCUT2D eigenvalue weighted by Gasteiger charge is 2.20. The molecule has 1 aliphatic heterocycles. The summed E-state index contributed by atoms with van der Waals surface area (Å²) in [4.78, 5) is 22.0. The summed E-state index contributed by atoms with van der Waals surface area (Å²) in [6.07, 6.45) is 9.07. The predicted octanol–water partition coefficient (Wildman–Crippen LogP) is 3.61. The van der Waals surface area contributed by atoms with Crippen LogP contribution in [0.4, 0.5) is 5.82 Å². The van der Waals surface area contributed by atoms with E-state index >= 15 is 0 Å². The maximum atomic E-state index is 11.0. The van der Waals surface area contributed by atoms with E-state index in [2.05, 4.69) is 26.3 Å². The number of benzene rings is 1. The van der Waals surface area contributed by atoms with Crippen molar-refractivity contribution in [3.05, 3.63) is 59.0 Å². The molecule has 10 heteroatoms. The Hall–Kier alpha value is -1.90. The lowest BCUT2D eigenvalue weighted by atomic mass is 10.0. The molecule has 1 fully saturated rings. The summed E-state index contributed by atoms with van der Waals surface area (Å²) in [6.45, 7) is 3.01. The third kappa shape index (κ3) is 8.08. The Bertz CT molecular complexity index is 820. The number of hydroxylamine groups is 1. The molecule has 1 saturated heterocycles. The Morgan fingerprint density at radius 2 is 2.07 bits per heavy atom. The molecule has 2 heterocycles. The topological polar surface area (TPSA) is 90.4 Å². The van der Waals surface area contributed by atoms with E-state index in [1.54, 1.807) is 12.4 Å². The first-order valence-corrected chi connectivity index (χ1v) is 9.68. The molecule has 0 radical (unpaired) electrons. The van der Waals surface area contributed by atoms with E-state index in [9.17, 15) is 4.79 Å². The Kier molecular flexibility index (Phi) is 11.7. The molecule has 3 N–H and O–H groups in total. The van der Waals surface area contributed by atoms with Gasteiger partial charge >= 0.3 is 0 Å². The van der Waals surface area contributed by atoms with Crippen LogP contribution in [0.25, 0.3) is 6.08 Å². The van der Waals surface area contributed by atoms with Gasteiger partial charge in [-0.1, -0.05) is 29.8 Å². The second-order valence-corrected chi connectivity index (χ2v) is 7.17. The van der Waals surface area contributed by atoms with Crippen LogP contribution in [0, 0.1) is 0 Å². The highest BCUT2D eigenvalue weighted by atomic mass is 35.5. The zero-order valence-electron chi connectivity index (χ0n) is 16.3. The normalized spacial score (nSPS) is 16.4. The largest absolute Gasteiger partial charge is 0.365 e. The first kappa shape index (κ1) is 26.1. The minimum atomic E-state index is -0.608. The first-order valence-electron chi connectivity index (χ1n) is 9.30. The minimum absolute atomic E-state index is 0. The highest BCUT2D eigenvalue weighted by molar-refractivity contribution is 6.31. The molecule has 2 aromatic rings. The fourth-order valence-electron chi connectivity index (χ4n) is 3.26. The van der Waals surface area contributed by atoms with Crippen molar-refractivity contribution in [2.24, 2.45) is 0 Å². The van der Waals surface area contributed by atoms with Crippen molar-refractivity contribution in [1.82, 2.24) is 20.3 Å². The molecule has 164 valence electrons. The highest BCUT2D eigenvalue weighted by Crippen LogP contribution is 2.18. The number of halogens is 3. The Labute approximate surface area is 193 Å². The van der Waals surface area contributed by atoms with Crippen molar-refractivity contribution in [2.75, 3.05) is 25.0 Å². The van der Waals surface area contributed by atoms with E-state index < -0.39 is 5.91 Å². The fourth-order valence-corrected chi connectivity index (χ4v) is 3.49. The Morgan fingerprint density at radius 1 is 1.27 bits per heavy atom.